The van der Waals surface area contributed by atoms with Crippen molar-refractivity contribution >= 4 is 5.91 Å². The fourth-order valence-corrected chi connectivity index (χ4v) is 4.72. The monoisotopic (exact) mass is 407 g/mol. The molecular weight excluding hydrogens is 370 g/mol. The Bertz CT molecular complexity index is 812. The molecule has 2 heterocycles. The van der Waals surface area contributed by atoms with Gasteiger partial charge >= 0.3 is 0 Å². The average molecular weight is 408 g/mol. The molecule has 1 aliphatic heterocycles. The molecule has 1 aliphatic rings. The van der Waals surface area contributed by atoms with Crippen molar-refractivity contribution in [3.8, 4) is 0 Å². The minimum Gasteiger partial charge on any atom is -0.342 e. The first-order valence-corrected chi connectivity index (χ1v) is 11.5. The maximum Gasteiger partial charge on any atom is 0.226 e. The van der Waals surface area contributed by atoms with Crippen molar-refractivity contribution in [3.63, 3.8) is 0 Å². The predicted molar refractivity (Wildman–Crippen MR) is 124 cm³/mol. The standard InChI is InChI=1S/C26H37N3O/c1-4-5-11-25-23(13-12-19(2)28-25)24(18-27)20(3)26(30)29-16-14-22(15-17-29)21-9-7-6-8-10-21/h6-10,12-13,20,22,24H,4-5,11,14-18,27H2,1-3H3/t20-,24?/m1/s1. The van der Waals surface area contributed by atoms with E-state index >= 15 is 0 Å². The van der Waals surface area contributed by atoms with E-state index in [2.05, 4.69) is 54.3 Å². The van der Waals surface area contributed by atoms with E-state index in [9.17, 15) is 4.79 Å². The molecular formula is C26H37N3O. The van der Waals surface area contributed by atoms with Gasteiger partial charge in [-0.2, -0.15) is 0 Å². The molecule has 1 saturated heterocycles. The molecule has 0 bridgehead atoms. The lowest BCUT2D eigenvalue weighted by atomic mass is 9.83. The summed E-state index contributed by atoms with van der Waals surface area (Å²) < 4.78 is 0. The van der Waals surface area contributed by atoms with Crippen LogP contribution in [-0.4, -0.2) is 35.4 Å². The van der Waals surface area contributed by atoms with Crippen LogP contribution in [0.4, 0.5) is 0 Å². The molecule has 1 amide bonds. The third kappa shape index (κ3) is 5.28. The fourth-order valence-electron chi connectivity index (χ4n) is 4.72. The molecule has 3 rings (SSSR count). The minimum atomic E-state index is -0.131. The second-order valence-corrected chi connectivity index (χ2v) is 8.73. The molecule has 1 aromatic heterocycles. The number of carbonyl (C=O) groups is 1. The Morgan fingerprint density at radius 3 is 2.50 bits per heavy atom. The van der Waals surface area contributed by atoms with Gasteiger partial charge in [-0.1, -0.05) is 56.7 Å². The number of unbranched alkanes of at least 4 members (excludes halogenated alkanes) is 1. The van der Waals surface area contributed by atoms with Crippen LogP contribution in [0.25, 0.3) is 0 Å². The van der Waals surface area contributed by atoms with E-state index < -0.39 is 0 Å². The first kappa shape index (κ1) is 22.5. The molecule has 0 aliphatic carbocycles. The van der Waals surface area contributed by atoms with E-state index in [0.29, 0.717) is 12.5 Å². The highest BCUT2D eigenvalue weighted by molar-refractivity contribution is 5.79. The fraction of sp³-hybridized carbons (Fsp3) is 0.538. The van der Waals surface area contributed by atoms with Crippen LogP contribution in [0.3, 0.4) is 0 Å². The van der Waals surface area contributed by atoms with E-state index in [4.69, 9.17) is 10.7 Å². The molecule has 2 aromatic rings. The highest BCUT2D eigenvalue weighted by atomic mass is 16.2. The van der Waals surface area contributed by atoms with Crippen LogP contribution in [0.5, 0.6) is 0 Å². The third-order valence-corrected chi connectivity index (χ3v) is 6.64. The molecule has 4 nitrogen and oxygen atoms in total. The molecule has 4 heteroatoms. The zero-order valence-corrected chi connectivity index (χ0v) is 18.8. The van der Waals surface area contributed by atoms with Crippen LogP contribution in [0.1, 0.15) is 73.9 Å². The summed E-state index contributed by atoms with van der Waals surface area (Å²) in [5, 5.41) is 0. The first-order valence-electron chi connectivity index (χ1n) is 11.5. The van der Waals surface area contributed by atoms with Crippen molar-refractivity contribution in [3.05, 3.63) is 65.0 Å². The molecule has 1 aromatic carbocycles. The summed E-state index contributed by atoms with van der Waals surface area (Å²) in [6.07, 6.45) is 5.25. The molecule has 0 saturated carbocycles. The number of benzene rings is 1. The van der Waals surface area contributed by atoms with Gasteiger partial charge in [0.05, 0.1) is 0 Å². The van der Waals surface area contributed by atoms with Gasteiger partial charge in [0.1, 0.15) is 0 Å². The Kier molecular flexibility index (Phi) is 8.03. The zero-order chi connectivity index (χ0) is 21.5. The number of piperidine rings is 1. The molecule has 1 fully saturated rings. The van der Waals surface area contributed by atoms with Crippen molar-refractivity contribution in [1.82, 2.24) is 9.88 Å². The quantitative estimate of drug-likeness (QED) is 0.683. The lowest BCUT2D eigenvalue weighted by Gasteiger charge is -2.35. The smallest absolute Gasteiger partial charge is 0.226 e. The molecule has 1 unspecified atom stereocenters. The second-order valence-electron chi connectivity index (χ2n) is 8.73. The topological polar surface area (TPSA) is 59.2 Å². The summed E-state index contributed by atoms with van der Waals surface area (Å²) in [6, 6.07) is 14.9. The Hall–Kier alpha value is -2.20. The lowest BCUT2D eigenvalue weighted by Crippen LogP contribution is -2.43. The van der Waals surface area contributed by atoms with Gasteiger partial charge in [0.2, 0.25) is 5.91 Å². The predicted octanol–water partition coefficient (Wildman–Crippen LogP) is 4.82. The Morgan fingerprint density at radius 1 is 1.17 bits per heavy atom. The molecule has 0 spiro atoms. The van der Waals surface area contributed by atoms with E-state index in [0.717, 1.165) is 62.1 Å². The third-order valence-electron chi connectivity index (χ3n) is 6.64. The number of likely N-dealkylation sites (tertiary alicyclic amines) is 1. The molecule has 2 atom stereocenters. The largest absolute Gasteiger partial charge is 0.342 e. The van der Waals surface area contributed by atoms with Gasteiger partial charge < -0.3 is 10.6 Å². The lowest BCUT2D eigenvalue weighted by molar-refractivity contribution is -0.136. The number of nitrogens with two attached hydrogens (primary N) is 1. The van der Waals surface area contributed by atoms with E-state index in [1.165, 1.54) is 5.56 Å². The number of hydrogen-bond acceptors (Lipinski definition) is 3. The van der Waals surface area contributed by atoms with Crippen LogP contribution >= 0.6 is 0 Å². The average Bonchev–Trinajstić information content (AvgIpc) is 2.79. The Labute approximate surface area is 181 Å². The highest BCUT2D eigenvalue weighted by Gasteiger charge is 2.32. The van der Waals surface area contributed by atoms with Gasteiger partial charge in [-0.3, -0.25) is 9.78 Å². The number of carbonyl (C=O) groups excluding carboxylic acids is 1. The number of nitrogens with zero attached hydrogens (tertiary/aromatic N) is 2. The summed E-state index contributed by atoms with van der Waals surface area (Å²) in [5.74, 6) is 0.675. The van der Waals surface area contributed by atoms with Crippen molar-refractivity contribution in [2.24, 2.45) is 11.7 Å². The molecule has 2 N–H and O–H groups in total. The minimum absolute atomic E-state index is 0.0179. The van der Waals surface area contributed by atoms with E-state index in [1.54, 1.807) is 0 Å². The summed E-state index contributed by atoms with van der Waals surface area (Å²) in [5.41, 5.74) is 10.9. The summed E-state index contributed by atoms with van der Waals surface area (Å²) in [7, 11) is 0. The van der Waals surface area contributed by atoms with Gasteiger partial charge in [-0.25, -0.2) is 0 Å². The van der Waals surface area contributed by atoms with Gasteiger partial charge in [-0.15, -0.1) is 0 Å². The Morgan fingerprint density at radius 2 is 1.87 bits per heavy atom. The number of rotatable bonds is 8. The van der Waals surface area contributed by atoms with Crippen LogP contribution in [0.2, 0.25) is 0 Å². The first-order chi connectivity index (χ1) is 14.5. The van der Waals surface area contributed by atoms with Crippen LogP contribution < -0.4 is 5.73 Å². The summed E-state index contributed by atoms with van der Waals surface area (Å²) in [6.45, 7) is 8.40. The van der Waals surface area contributed by atoms with Crippen molar-refractivity contribution in [2.75, 3.05) is 19.6 Å². The number of pyridine rings is 1. The van der Waals surface area contributed by atoms with Crippen molar-refractivity contribution < 1.29 is 4.79 Å². The van der Waals surface area contributed by atoms with Gasteiger partial charge in [-0.05, 0) is 55.7 Å². The maximum absolute atomic E-state index is 13.4. The number of hydrogen-bond donors (Lipinski definition) is 1. The highest BCUT2D eigenvalue weighted by Crippen LogP contribution is 2.32. The summed E-state index contributed by atoms with van der Waals surface area (Å²) in [4.78, 5) is 20.2. The SMILES string of the molecule is CCCCc1nc(C)ccc1C(CN)[C@@H](C)C(=O)N1CCC(c2ccccc2)CC1. The molecule has 0 radical (unpaired) electrons. The van der Waals surface area contributed by atoms with Crippen LogP contribution in [0, 0.1) is 12.8 Å². The number of aryl methyl sites for hydroxylation is 2. The van der Waals surface area contributed by atoms with Crippen LogP contribution in [-0.2, 0) is 11.2 Å². The van der Waals surface area contributed by atoms with Crippen molar-refractivity contribution in [2.45, 2.75) is 64.7 Å². The van der Waals surface area contributed by atoms with Gasteiger partial charge in [0, 0.05) is 42.9 Å². The van der Waals surface area contributed by atoms with Gasteiger partial charge in [0.25, 0.3) is 0 Å². The van der Waals surface area contributed by atoms with Crippen LogP contribution in [0.15, 0.2) is 42.5 Å². The zero-order valence-electron chi connectivity index (χ0n) is 18.8. The maximum atomic E-state index is 13.4. The van der Waals surface area contributed by atoms with E-state index in [1.807, 2.05) is 13.8 Å². The summed E-state index contributed by atoms with van der Waals surface area (Å²) >= 11 is 0. The number of aromatic nitrogens is 1. The molecule has 30 heavy (non-hydrogen) atoms. The van der Waals surface area contributed by atoms with Gasteiger partial charge in [0.15, 0.2) is 0 Å². The van der Waals surface area contributed by atoms with Crippen molar-refractivity contribution in [1.29, 1.82) is 0 Å². The number of amides is 1. The second kappa shape index (κ2) is 10.7. The Balaban J connectivity index is 1.69. The van der Waals surface area contributed by atoms with E-state index in [-0.39, 0.29) is 17.7 Å². The molecule has 162 valence electrons. The normalized spacial score (nSPS) is 17.0.